The predicted molar refractivity (Wildman–Crippen MR) is 174 cm³/mol. The predicted octanol–water partition coefficient (Wildman–Crippen LogP) is 7.92. The number of rotatable bonds is 8. The van der Waals surface area contributed by atoms with Crippen molar-refractivity contribution in [2.45, 2.75) is 36.0 Å². The van der Waals surface area contributed by atoms with Crippen molar-refractivity contribution in [3.8, 4) is 28.4 Å². The molecule has 0 heterocycles. The molecule has 0 aromatic heterocycles. The number of methoxy groups -OCH3 is 3. The van der Waals surface area contributed by atoms with Gasteiger partial charge in [-0.2, -0.15) is 0 Å². The third kappa shape index (κ3) is 5.61. The number of sulfone groups is 1. The summed E-state index contributed by atoms with van der Waals surface area (Å²) in [5.41, 5.74) is 2.54. The molecule has 0 unspecified atom stereocenters. The zero-order valence-corrected chi connectivity index (χ0v) is 26.4. The minimum absolute atomic E-state index is 0.133. The maximum atomic E-state index is 13.8. The third-order valence-corrected chi connectivity index (χ3v) is 9.36. The van der Waals surface area contributed by atoms with Crippen molar-refractivity contribution in [1.29, 1.82) is 0 Å². The smallest absolute Gasteiger partial charge is 0.259 e. The van der Waals surface area contributed by atoms with Crippen molar-refractivity contribution >= 4 is 32.2 Å². The number of ether oxygens (including phenoxy) is 3. The fourth-order valence-electron chi connectivity index (χ4n) is 5.41. The van der Waals surface area contributed by atoms with Gasteiger partial charge in [0.25, 0.3) is 5.91 Å². The van der Waals surface area contributed by atoms with Gasteiger partial charge in [-0.3, -0.25) is 4.79 Å². The zero-order valence-electron chi connectivity index (χ0n) is 25.6. The summed E-state index contributed by atoms with van der Waals surface area (Å²) in [7, 11) is 0.699. The van der Waals surface area contributed by atoms with Gasteiger partial charge in [0.2, 0.25) is 15.6 Å². The van der Waals surface area contributed by atoms with E-state index < -0.39 is 15.7 Å². The van der Waals surface area contributed by atoms with Gasteiger partial charge in [0.1, 0.15) is 0 Å². The van der Waals surface area contributed by atoms with Gasteiger partial charge in [0, 0.05) is 11.3 Å². The summed E-state index contributed by atoms with van der Waals surface area (Å²) in [4.78, 5) is 14.2. The van der Waals surface area contributed by atoms with Crippen LogP contribution in [0.15, 0.2) is 107 Å². The average Bonchev–Trinajstić information content (AvgIpc) is 3.03. The number of anilines is 1. The van der Waals surface area contributed by atoms with E-state index in [1.807, 2.05) is 75.4 Å². The second-order valence-electron chi connectivity index (χ2n) is 11.3. The first-order valence-electron chi connectivity index (χ1n) is 14.1. The summed E-state index contributed by atoms with van der Waals surface area (Å²) in [6.07, 6.45) is 0. The zero-order chi connectivity index (χ0) is 31.6. The van der Waals surface area contributed by atoms with Crippen LogP contribution >= 0.6 is 0 Å². The van der Waals surface area contributed by atoms with Gasteiger partial charge in [-0.15, -0.1) is 0 Å². The van der Waals surface area contributed by atoms with Crippen LogP contribution in [0.4, 0.5) is 5.69 Å². The minimum atomic E-state index is -3.79. The topological polar surface area (TPSA) is 90.9 Å². The first-order chi connectivity index (χ1) is 21.0. The highest BCUT2D eigenvalue weighted by molar-refractivity contribution is 7.91. The molecule has 1 amide bonds. The molecule has 0 saturated carbocycles. The molecule has 0 saturated heterocycles. The van der Waals surface area contributed by atoms with Crippen molar-refractivity contribution in [3.63, 3.8) is 0 Å². The van der Waals surface area contributed by atoms with Crippen LogP contribution < -0.4 is 19.5 Å². The van der Waals surface area contributed by atoms with Crippen LogP contribution in [0.1, 0.15) is 36.7 Å². The van der Waals surface area contributed by atoms with E-state index in [2.05, 4.69) is 5.32 Å². The molecule has 8 heteroatoms. The van der Waals surface area contributed by atoms with E-state index in [0.717, 1.165) is 21.9 Å². The van der Waals surface area contributed by atoms with E-state index in [-0.39, 0.29) is 32.3 Å². The molecule has 44 heavy (non-hydrogen) atoms. The summed E-state index contributed by atoms with van der Waals surface area (Å²) in [6.45, 7) is 5.94. The van der Waals surface area contributed by atoms with Crippen LogP contribution in [0.2, 0.25) is 0 Å². The van der Waals surface area contributed by atoms with E-state index in [0.29, 0.717) is 17.0 Å². The highest BCUT2D eigenvalue weighted by Crippen LogP contribution is 2.48. The number of hydrogen-bond acceptors (Lipinski definition) is 6. The molecular weight excluding hydrogens is 574 g/mol. The number of carbonyl (C=O) groups is 1. The Labute approximate surface area is 258 Å². The molecule has 7 nitrogen and oxygen atoms in total. The molecule has 0 atom stereocenters. The van der Waals surface area contributed by atoms with Crippen LogP contribution in [-0.4, -0.2) is 35.7 Å². The number of fused-ring (bicyclic) bond motifs is 1. The number of nitrogens with one attached hydrogen (secondary N) is 1. The number of hydrogen-bond donors (Lipinski definition) is 1. The Morgan fingerprint density at radius 2 is 1.30 bits per heavy atom. The summed E-state index contributed by atoms with van der Waals surface area (Å²) in [5.74, 6) is 0.466. The van der Waals surface area contributed by atoms with Crippen molar-refractivity contribution in [3.05, 3.63) is 108 Å². The molecule has 0 aliphatic rings. The van der Waals surface area contributed by atoms with E-state index in [1.165, 1.54) is 26.4 Å². The quantitative estimate of drug-likeness (QED) is 0.192. The van der Waals surface area contributed by atoms with Crippen molar-refractivity contribution in [1.82, 2.24) is 0 Å². The Balaban J connectivity index is 1.53. The molecule has 5 rings (SSSR count). The van der Waals surface area contributed by atoms with E-state index in [4.69, 9.17) is 14.2 Å². The first-order valence-corrected chi connectivity index (χ1v) is 15.6. The molecule has 226 valence electrons. The first kappa shape index (κ1) is 30.6. The van der Waals surface area contributed by atoms with Crippen molar-refractivity contribution in [2.75, 3.05) is 26.6 Å². The highest BCUT2D eigenvalue weighted by Gasteiger charge is 2.28. The second-order valence-corrected chi connectivity index (χ2v) is 13.2. The lowest BCUT2D eigenvalue weighted by Gasteiger charge is -2.22. The minimum Gasteiger partial charge on any atom is -0.492 e. The largest absolute Gasteiger partial charge is 0.492 e. The lowest BCUT2D eigenvalue weighted by molar-refractivity contribution is 0.102. The van der Waals surface area contributed by atoms with Gasteiger partial charge >= 0.3 is 0 Å². The van der Waals surface area contributed by atoms with Gasteiger partial charge in [-0.1, -0.05) is 81.4 Å². The van der Waals surface area contributed by atoms with Crippen LogP contribution in [0.3, 0.4) is 0 Å². The summed E-state index contributed by atoms with van der Waals surface area (Å²) in [5, 5.41) is 4.90. The van der Waals surface area contributed by atoms with Crippen molar-refractivity contribution in [2.24, 2.45) is 0 Å². The number of carbonyl (C=O) groups excluding carboxylic acids is 1. The van der Waals surface area contributed by atoms with Crippen LogP contribution in [0, 0.1) is 0 Å². The maximum Gasteiger partial charge on any atom is 0.259 e. The fraction of sp³-hybridized carbons (Fsp3) is 0.194. The summed E-state index contributed by atoms with van der Waals surface area (Å²) < 4.78 is 44.4. The Kier molecular flexibility index (Phi) is 8.39. The van der Waals surface area contributed by atoms with Crippen LogP contribution in [-0.2, 0) is 15.3 Å². The van der Waals surface area contributed by atoms with Gasteiger partial charge in [-0.25, -0.2) is 8.42 Å². The number of benzene rings is 5. The van der Waals surface area contributed by atoms with Gasteiger partial charge < -0.3 is 19.5 Å². The van der Waals surface area contributed by atoms with Crippen LogP contribution in [0.25, 0.3) is 21.9 Å². The SMILES string of the molecule is COc1c(C(=O)Nc2ccc(S(=O)(=O)c3ccccc3C(C)(C)C)cc2)cc(-c2cccc3ccccc23)c(OC)c1OC. The molecule has 0 aliphatic carbocycles. The molecule has 0 spiro atoms. The van der Waals surface area contributed by atoms with Gasteiger partial charge in [0.15, 0.2) is 11.5 Å². The standard InChI is InChI=1S/C36H35NO6S/c1-36(2,3)30-16-9-10-17-31(30)44(39,40)25-20-18-24(19-21-25)37-35(38)29-22-28(32(41-4)34(43-6)33(29)42-5)27-15-11-13-23-12-7-8-14-26(23)27/h7-22H,1-6H3,(H,37,38). The Bertz CT molecular complexity index is 1950. The van der Waals surface area contributed by atoms with E-state index in [1.54, 1.807) is 37.4 Å². The molecule has 0 radical (unpaired) electrons. The van der Waals surface area contributed by atoms with Gasteiger partial charge in [0.05, 0.1) is 36.7 Å². The molecule has 0 aliphatic heterocycles. The Morgan fingerprint density at radius 3 is 1.95 bits per heavy atom. The maximum absolute atomic E-state index is 13.8. The summed E-state index contributed by atoms with van der Waals surface area (Å²) in [6, 6.07) is 28.8. The summed E-state index contributed by atoms with van der Waals surface area (Å²) >= 11 is 0. The lowest BCUT2D eigenvalue weighted by atomic mass is 9.87. The molecule has 0 fully saturated rings. The van der Waals surface area contributed by atoms with Crippen molar-refractivity contribution < 1.29 is 27.4 Å². The van der Waals surface area contributed by atoms with Gasteiger partial charge in [-0.05, 0) is 63.7 Å². The monoisotopic (exact) mass is 609 g/mol. The van der Waals surface area contributed by atoms with E-state index >= 15 is 0 Å². The molecule has 5 aromatic carbocycles. The fourth-order valence-corrected chi connectivity index (χ4v) is 7.08. The normalized spacial score (nSPS) is 11.7. The Morgan fingerprint density at radius 1 is 0.682 bits per heavy atom. The Hall–Kier alpha value is -4.82. The second kappa shape index (κ2) is 12.1. The van der Waals surface area contributed by atoms with E-state index in [9.17, 15) is 13.2 Å². The third-order valence-electron chi connectivity index (χ3n) is 7.53. The highest BCUT2D eigenvalue weighted by atomic mass is 32.2. The lowest BCUT2D eigenvalue weighted by Crippen LogP contribution is -2.17. The molecule has 1 N–H and O–H groups in total. The molecule has 5 aromatic rings. The molecule has 0 bridgehead atoms. The number of amides is 1. The molecular formula is C36H35NO6S. The average molecular weight is 610 g/mol. The van der Waals surface area contributed by atoms with Crippen LogP contribution in [0.5, 0.6) is 17.2 Å².